The van der Waals surface area contributed by atoms with Gasteiger partial charge in [0, 0.05) is 6.04 Å². The third-order valence-corrected chi connectivity index (χ3v) is 4.17. The number of hydrogen-bond acceptors (Lipinski definition) is 2. The van der Waals surface area contributed by atoms with Crippen LogP contribution in [0.2, 0.25) is 0 Å². The highest BCUT2D eigenvalue weighted by Gasteiger charge is 2.12. The molecule has 1 aliphatic rings. The molecule has 0 saturated carbocycles. The quantitative estimate of drug-likeness (QED) is 0.760. The fourth-order valence-electron chi connectivity index (χ4n) is 2.17. The highest BCUT2D eigenvalue weighted by Crippen LogP contribution is 2.13. The van der Waals surface area contributed by atoms with Gasteiger partial charge in [0.2, 0.25) is 0 Å². The third-order valence-electron chi connectivity index (χ3n) is 3.15. The van der Waals surface area contributed by atoms with Crippen molar-refractivity contribution >= 4 is 11.8 Å². The van der Waals surface area contributed by atoms with Crippen molar-refractivity contribution in [2.24, 2.45) is 0 Å². The van der Waals surface area contributed by atoms with Crippen LogP contribution in [0.25, 0.3) is 0 Å². The minimum atomic E-state index is 0.809. The van der Waals surface area contributed by atoms with E-state index in [-0.39, 0.29) is 0 Å². The van der Waals surface area contributed by atoms with Crippen LogP contribution in [0.1, 0.15) is 24.8 Å². The Bertz CT molecular complexity index is 280. The Kier molecular flexibility index (Phi) is 5.23. The van der Waals surface area contributed by atoms with Gasteiger partial charge in [-0.15, -0.1) is 0 Å². The number of benzene rings is 1. The summed E-state index contributed by atoms with van der Waals surface area (Å²) < 4.78 is 0. The van der Waals surface area contributed by atoms with Gasteiger partial charge in [0.25, 0.3) is 0 Å². The number of hydrogen-bond donors (Lipinski definition) is 1. The summed E-state index contributed by atoms with van der Waals surface area (Å²) in [5.74, 6) is 2.57. The number of aryl methyl sites for hydroxylation is 1. The van der Waals surface area contributed by atoms with Crippen molar-refractivity contribution in [3.8, 4) is 0 Å². The van der Waals surface area contributed by atoms with Gasteiger partial charge in [-0.05, 0) is 49.3 Å². The van der Waals surface area contributed by atoms with E-state index >= 15 is 0 Å². The van der Waals surface area contributed by atoms with Crippen LogP contribution in [-0.4, -0.2) is 24.1 Å². The molecule has 1 aromatic rings. The van der Waals surface area contributed by atoms with Crippen molar-refractivity contribution in [3.05, 3.63) is 35.9 Å². The SMILES string of the molecule is c1ccc(CCSCC[C@@H]2CCCN2)cc1. The molecule has 2 heteroatoms. The maximum atomic E-state index is 3.55. The summed E-state index contributed by atoms with van der Waals surface area (Å²) >= 11 is 2.09. The molecule has 1 N–H and O–H groups in total. The summed E-state index contributed by atoms with van der Waals surface area (Å²) in [6, 6.07) is 11.6. The summed E-state index contributed by atoms with van der Waals surface area (Å²) in [6.07, 6.45) is 5.32. The van der Waals surface area contributed by atoms with E-state index in [0.717, 1.165) is 6.04 Å². The lowest BCUT2D eigenvalue weighted by Crippen LogP contribution is -2.21. The van der Waals surface area contributed by atoms with Crippen LogP contribution in [0, 0.1) is 0 Å². The Balaban J connectivity index is 1.52. The molecule has 1 heterocycles. The number of rotatable bonds is 6. The highest BCUT2D eigenvalue weighted by atomic mass is 32.2. The third kappa shape index (κ3) is 4.18. The van der Waals surface area contributed by atoms with Crippen LogP contribution >= 0.6 is 11.8 Å². The summed E-state index contributed by atoms with van der Waals surface area (Å²) in [5.41, 5.74) is 1.47. The normalized spacial score (nSPS) is 20.1. The second-order valence-electron chi connectivity index (χ2n) is 4.43. The van der Waals surface area contributed by atoms with Crippen LogP contribution in [-0.2, 0) is 6.42 Å². The molecule has 1 saturated heterocycles. The monoisotopic (exact) mass is 235 g/mol. The van der Waals surface area contributed by atoms with E-state index in [1.807, 2.05) is 0 Å². The lowest BCUT2D eigenvalue weighted by Gasteiger charge is -2.09. The number of thioether (sulfide) groups is 1. The molecule has 1 aromatic carbocycles. The van der Waals surface area contributed by atoms with Gasteiger partial charge in [0.1, 0.15) is 0 Å². The van der Waals surface area contributed by atoms with Crippen LogP contribution in [0.3, 0.4) is 0 Å². The van der Waals surface area contributed by atoms with Crippen LogP contribution in [0.4, 0.5) is 0 Å². The minimum Gasteiger partial charge on any atom is -0.314 e. The van der Waals surface area contributed by atoms with E-state index in [1.165, 1.54) is 49.3 Å². The molecule has 0 radical (unpaired) electrons. The van der Waals surface area contributed by atoms with E-state index in [0.29, 0.717) is 0 Å². The van der Waals surface area contributed by atoms with Crippen molar-refractivity contribution in [2.45, 2.75) is 31.7 Å². The van der Waals surface area contributed by atoms with Crippen molar-refractivity contribution in [3.63, 3.8) is 0 Å². The molecule has 88 valence electrons. The first-order valence-electron chi connectivity index (χ1n) is 6.30. The Morgan fingerprint density at radius 1 is 1.19 bits per heavy atom. The summed E-state index contributed by atoms with van der Waals surface area (Å²) in [7, 11) is 0. The molecule has 1 atom stereocenters. The first-order valence-corrected chi connectivity index (χ1v) is 7.46. The van der Waals surface area contributed by atoms with Crippen LogP contribution < -0.4 is 5.32 Å². The Morgan fingerprint density at radius 2 is 2.06 bits per heavy atom. The molecule has 0 spiro atoms. The number of nitrogens with one attached hydrogen (secondary N) is 1. The summed E-state index contributed by atoms with van der Waals surface area (Å²) in [5, 5.41) is 3.55. The molecular weight excluding hydrogens is 214 g/mol. The van der Waals surface area contributed by atoms with Gasteiger partial charge >= 0.3 is 0 Å². The largest absolute Gasteiger partial charge is 0.314 e. The van der Waals surface area contributed by atoms with Gasteiger partial charge in [-0.25, -0.2) is 0 Å². The lowest BCUT2D eigenvalue weighted by molar-refractivity contribution is 0.592. The first kappa shape index (κ1) is 12.0. The van der Waals surface area contributed by atoms with Crippen molar-refractivity contribution in [1.29, 1.82) is 0 Å². The molecule has 2 rings (SSSR count). The summed E-state index contributed by atoms with van der Waals surface area (Å²) in [4.78, 5) is 0. The molecule has 0 aromatic heterocycles. The van der Waals surface area contributed by atoms with Gasteiger partial charge in [-0.1, -0.05) is 30.3 Å². The van der Waals surface area contributed by atoms with E-state index in [4.69, 9.17) is 0 Å². The van der Waals surface area contributed by atoms with Crippen molar-refractivity contribution < 1.29 is 0 Å². The fourth-order valence-corrected chi connectivity index (χ4v) is 3.20. The maximum absolute atomic E-state index is 3.55. The molecular formula is C14H21NS. The molecule has 0 bridgehead atoms. The zero-order valence-corrected chi connectivity index (χ0v) is 10.6. The van der Waals surface area contributed by atoms with Gasteiger partial charge in [-0.2, -0.15) is 11.8 Å². The minimum absolute atomic E-state index is 0.809. The molecule has 16 heavy (non-hydrogen) atoms. The lowest BCUT2D eigenvalue weighted by atomic mass is 10.2. The molecule has 1 aliphatic heterocycles. The second kappa shape index (κ2) is 6.97. The standard InChI is InChI=1S/C14H21NS/c1-2-5-13(6-3-1)8-11-16-12-9-14-7-4-10-15-14/h1-3,5-6,14-15H,4,7-12H2/t14-/m0/s1. The van der Waals surface area contributed by atoms with E-state index in [9.17, 15) is 0 Å². The van der Waals surface area contributed by atoms with E-state index in [1.54, 1.807) is 0 Å². The van der Waals surface area contributed by atoms with E-state index in [2.05, 4.69) is 47.4 Å². The maximum Gasteiger partial charge on any atom is 0.00753 e. The summed E-state index contributed by atoms with van der Waals surface area (Å²) in [6.45, 7) is 1.24. The van der Waals surface area contributed by atoms with Crippen LogP contribution in [0.5, 0.6) is 0 Å². The zero-order valence-electron chi connectivity index (χ0n) is 9.82. The molecule has 0 unspecified atom stereocenters. The molecule has 0 aliphatic carbocycles. The Morgan fingerprint density at radius 3 is 2.81 bits per heavy atom. The Labute approximate surface area is 103 Å². The topological polar surface area (TPSA) is 12.0 Å². The highest BCUT2D eigenvalue weighted by molar-refractivity contribution is 7.99. The molecule has 1 nitrogen and oxygen atoms in total. The van der Waals surface area contributed by atoms with Gasteiger partial charge in [0.05, 0.1) is 0 Å². The van der Waals surface area contributed by atoms with Gasteiger partial charge in [-0.3, -0.25) is 0 Å². The Hall–Kier alpha value is -0.470. The average molecular weight is 235 g/mol. The zero-order chi connectivity index (χ0) is 11.1. The van der Waals surface area contributed by atoms with E-state index < -0.39 is 0 Å². The van der Waals surface area contributed by atoms with Gasteiger partial charge < -0.3 is 5.32 Å². The molecule has 0 amide bonds. The molecule has 1 fully saturated rings. The van der Waals surface area contributed by atoms with Crippen LogP contribution in [0.15, 0.2) is 30.3 Å². The first-order chi connectivity index (χ1) is 7.95. The van der Waals surface area contributed by atoms with Gasteiger partial charge in [0.15, 0.2) is 0 Å². The second-order valence-corrected chi connectivity index (χ2v) is 5.65. The van der Waals surface area contributed by atoms with Crippen molar-refractivity contribution in [2.75, 3.05) is 18.1 Å². The fraction of sp³-hybridized carbons (Fsp3) is 0.571. The predicted octanol–water partition coefficient (Wildman–Crippen LogP) is 3.10. The average Bonchev–Trinajstić information content (AvgIpc) is 2.83. The smallest absolute Gasteiger partial charge is 0.00753 e. The van der Waals surface area contributed by atoms with Crippen molar-refractivity contribution in [1.82, 2.24) is 5.32 Å². The predicted molar refractivity (Wildman–Crippen MR) is 73.1 cm³/mol.